The van der Waals surface area contributed by atoms with Crippen molar-refractivity contribution in [2.24, 2.45) is 22.7 Å². The molecule has 25 heavy (non-hydrogen) atoms. The third-order valence-electron chi connectivity index (χ3n) is 6.91. The summed E-state index contributed by atoms with van der Waals surface area (Å²) in [6.45, 7) is 18.4. The number of carbonyl (C=O) groups excluding carboxylic acids is 1. The van der Waals surface area contributed by atoms with Gasteiger partial charge in [0.15, 0.2) is 0 Å². The van der Waals surface area contributed by atoms with Crippen LogP contribution in [0.15, 0.2) is 24.8 Å². The molecule has 0 aromatic heterocycles. The fourth-order valence-electron chi connectivity index (χ4n) is 5.83. The first-order valence-electron chi connectivity index (χ1n) is 9.64. The Kier molecular flexibility index (Phi) is 5.59. The standard InChI is InChI=1S/C22H36O3/c1-8-21(6,24)13-10-17-15(2)14-18(25-16(3)23)19-20(4,5)11-9-12-22(17,19)7/h8,17-19,24H,1-2,9-14H2,3-7H3/t17-,18-,19-,21-,22+/m0/s1. The average Bonchev–Trinajstić information content (AvgIpc) is 2.44. The Morgan fingerprint density at radius 1 is 1.40 bits per heavy atom. The van der Waals surface area contributed by atoms with E-state index in [1.54, 1.807) is 6.08 Å². The van der Waals surface area contributed by atoms with E-state index in [1.165, 1.54) is 18.9 Å². The molecule has 3 nitrogen and oxygen atoms in total. The van der Waals surface area contributed by atoms with Gasteiger partial charge in [-0.05, 0) is 49.4 Å². The van der Waals surface area contributed by atoms with Crippen molar-refractivity contribution in [3.05, 3.63) is 24.8 Å². The van der Waals surface area contributed by atoms with Crippen LogP contribution in [0.2, 0.25) is 0 Å². The van der Waals surface area contributed by atoms with Gasteiger partial charge >= 0.3 is 5.97 Å². The predicted octanol–water partition coefficient (Wildman–Crippen LogP) is 5.04. The average molecular weight is 349 g/mol. The Bertz CT molecular complexity index is 545. The molecule has 0 amide bonds. The Hall–Kier alpha value is -1.09. The summed E-state index contributed by atoms with van der Waals surface area (Å²) in [5.41, 5.74) is 0.507. The van der Waals surface area contributed by atoms with Crippen LogP contribution in [0.1, 0.15) is 73.1 Å². The van der Waals surface area contributed by atoms with Gasteiger partial charge in [0.25, 0.3) is 0 Å². The Morgan fingerprint density at radius 2 is 2.04 bits per heavy atom. The SMILES string of the molecule is C=C[C@](C)(O)CC[C@H]1C(=C)C[C@H](OC(C)=O)[C@H]2C(C)(C)CCC[C@]12C. The Labute approximate surface area is 153 Å². The molecule has 0 heterocycles. The molecule has 2 aliphatic carbocycles. The number of rotatable bonds is 5. The van der Waals surface area contributed by atoms with Crippen molar-refractivity contribution >= 4 is 5.97 Å². The topological polar surface area (TPSA) is 46.5 Å². The Balaban J connectivity index is 2.35. The molecule has 5 atom stereocenters. The second-order valence-corrected chi connectivity index (χ2v) is 9.49. The number of fused-ring (bicyclic) bond motifs is 1. The van der Waals surface area contributed by atoms with E-state index in [-0.39, 0.29) is 22.9 Å². The molecule has 1 N–H and O–H groups in total. The highest BCUT2D eigenvalue weighted by atomic mass is 16.5. The number of aliphatic hydroxyl groups is 1. The summed E-state index contributed by atoms with van der Waals surface area (Å²) < 4.78 is 5.78. The van der Waals surface area contributed by atoms with E-state index >= 15 is 0 Å². The molecule has 0 aliphatic heterocycles. The first-order valence-corrected chi connectivity index (χ1v) is 9.64. The molecule has 3 heteroatoms. The van der Waals surface area contributed by atoms with E-state index in [9.17, 15) is 9.90 Å². The predicted molar refractivity (Wildman–Crippen MR) is 102 cm³/mol. The molecule has 0 unspecified atom stereocenters. The highest BCUT2D eigenvalue weighted by Crippen LogP contribution is 2.62. The summed E-state index contributed by atoms with van der Waals surface area (Å²) in [6, 6.07) is 0. The largest absolute Gasteiger partial charge is 0.462 e. The zero-order chi connectivity index (χ0) is 19.0. The summed E-state index contributed by atoms with van der Waals surface area (Å²) >= 11 is 0. The lowest BCUT2D eigenvalue weighted by molar-refractivity contribution is -0.171. The van der Waals surface area contributed by atoms with Gasteiger partial charge < -0.3 is 9.84 Å². The number of ether oxygens (including phenoxy) is 1. The van der Waals surface area contributed by atoms with E-state index in [1.807, 2.05) is 6.92 Å². The van der Waals surface area contributed by atoms with E-state index in [2.05, 4.69) is 33.9 Å². The van der Waals surface area contributed by atoms with Crippen molar-refractivity contribution in [1.82, 2.24) is 0 Å². The number of esters is 1. The summed E-state index contributed by atoms with van der Waals surface area (Å²) in [4.78, 5) is 11.7. The molecule has 2 saturated carbocycles. The molecule has 0 spiro atoms. The zero-order valence-electron chi connectivity index (χ0n) is 16.7. The van der Waals surface area contributed by atoms with Crippen LogP contribution in [0.5, 0.6) is 0 Å². The maximum atomic E-state index is 11.7. The molecular formula is C22H36O3. The lowest BCUT2D eigenvalue weighted by atomic mass is 9.46. The van der Waals surface area contributed by atoms with Gasteiger partial charge in [-0.25, -0.2) is 0 Å². The van der Waals surface area contributed by atoms with Crippen LogP contribution in [-0.4, -0.2) is 22.8 Å². The highest BCUT2D eigenvalue weighted by molar-refractivity contribution is 5.66. The normalized spacial score (nSPS) is 36.9. The fraction of sp³-hybridized carbons (Fsp3) is 0.773. The minimum absolute atomic E-state index is 0.0500. The van der Waals surface area contributed by atoms with Gasteiger partial charge in [-0.2, -0.15) is 0 Å². The number of hydrogen-bond donors (Lipinski definition) is 1. The van der Waals surface area contributed by atoms with Crippen LogP contribution in [0, 0.1) is 22.7 Å². The molecule has 2 fully saturated rings. The van der Waals surface area contributed by atoms with Crippen LogP contribution < -0.4 is 0 Å². The minimum atomic E-state index is -0.844. The first kappa shape index (κ1) is 20.2. The van der Waals surface area contributed by atoms with Crippen molar-refractivity contribution in [3.63, 3.8) is 0 Å². The van der Waals surface area contributed by atoms with Crippen molar-refractivity contribution in [3.8, 4) is 0 Å². The smallest absolute Gasteiger partial charge is 0.302 e. The summed E-state index contributed by atoms with van der Waals surface area (Å²) in [7, 11) is 0. The lowest BCUT2D eigenvalue weighted by Gasteiger charge is -2.60. The van der Waals surface area contributed by atoms with Gasteiger partial charge in [0.05, 0.1) is 5.60 Å². The molecular weight excluding hydrogens is 312 g/mol. The van der Waals surface area contributed by atoms with Crippen molar-refractivity contribution in [1.29, 1.82) is 0 Å². The monoisotopic (exact) mass is 348 g/mol. The lowest BCUT2D eigenvalue weighted by Crippen LogP contribution is -2.56. The van der Waals surface area contributed by atoms with Gasteiger partial charge in [0.1, 0.15) is 6.10 Å². The fourth-order valence-corrected chi connectivity index (χ4v) is 5.83. The molecule has 2 rings (SSSR count). The van der Waals surface area contributed by atoms with E-state index in [4.69, 9.17) is 4.74 Å². The van der Waals surface area contributed by atoms with Gasteiger partial charge in [-0.1, -0.05) is 45.4 Å². The molecule has 2 aliphatic rings. The Morgan fingerprint density at radius 3 is 2.60 bits per heavy atom. The molecule has 0 radical (unpaired) electrons. The number of hydrogen-bond acceptors (Lipinski definition) is 3. The van der Waals surface area contributed by atoms with Gasteiger partial charge in [-0.15, -0.1) is 6.58 Å². The molecule has 142 valence electrons. The van der Waals surface area contributed by atoms with Crippen LogP contribution in [0.25, 0.3) is 0 Å². The maximum Gasteiger partial charge on any atom is 0.302 e. The minimum Gasteiger partial charge on any atom is -0.462 e. The summed E-state index contributed by atoms with van der Waals surface area (Å²) in [5.74, 6) is 0.465. The van der Waals surface area contributed by atoms with E-state index in [0.717, 1.165) is 25.7 Å². The maximum absolute atomic E-state index is 11.7. The highest BCUT2D eigenvalue weighted by Gasteiger charge is 2.57. The third kappa shape index (κ3) is 4.02. The zero-order valence-corrected chi connectivity index (χ0v) is 16.7. The molecule has 0 bridgehead atoms. The molecule has 0 saturated heterocycles. The van der Waals surface area contributed by atoms with Crippen molar-refractivity contribution in [2.45, 2.75) is 84.8 Å². The van der Waals surface area contributed by atoms with E-state index in [0.29, 0.717) is 18.3 Å². The van der Waals surface area contributed by atoms with Gasteiger partial charge in [0.2, 0.25) is 0 Å². The van der Waals surface area contributed by atoms with Crippen molar-refractivity contribution in [2.75, 3.05) is 0 Å². The number of carbonyl (C=O) groups is 1. The molecule has 0 aromatic rings. The molecule has 0 aromatic carbocycles. The van der Waals surface area contributed by atoms with Crippen molar-refractivity contribution < 1.29 is 14.6 Å². The summed E-state index contributed by atoms with van der Waals surface area (Å²) in [5, 5.41) is 10.4. The van der Waals surface area contributed by atoms with E-state index < -0.39 is 5.60 Å². The van der Waals surface area contributed by atoms with Gasteiger partial charge in [0, 0.05) is 19.3 Å². The second kappa shape index (κ2) is 6.90. The summed E-state index contributed by atoms with van der Waals surface area (Å²) in [6.07, 6.45) is 7.34. The van der Waals surface area contributed by atoms with Gasteiger partial charge in [-0.3, -0.25) is 4.79 Å². The third-order valence-corrected chi connectivity index (χ3v) is 6.91. The van der Waals surface area contributed by atoms with Crippen LogP contribution >= 0.6 is 0 Å². The van der Waals surface area contributed by atoms with Crippen LogP contribution in [0.3, 0.4) is 0 Å². The first-order chi connectivity index (χ1) is 11.4. The second-order valence-electron chi connectivity index (χ2n) is 9.49. The quantitative estimate of drug-likeness (QED) is 0.559. The van der Waals surface area contributed by atoms with Crippen LogP contribution in [-0.2, 0) is 9.53 Å². The van der Waals surface area contributed by atoms with Crippen LogP contribution in [0.4, 0.5) is 0 Å².